The molecule has 162 valence electrons. The summed E-state index contributed by atoms with van der Waals surface area (Å²) in [4.78, 5) is 19.2. The molecule has 1 aliphatic rings. The number of halogens is 2. The molecule has 1 saturated heterocycles. The lowest BCUT2D eigenvalue weighted by Gasteiger charge is -2.20. The van der Waals surface area contributed by atoms with Gasteiger partial charge in [0, 0.05) is 29.6 Å². The molecular formula is C24H19ClFN3O3. The minimum Gasteiger partial charge on any atom is -0.443 e. The van der Waals surface area contributed by atoms with Crippen molar-refractivity contribution in [3.63, 3.8) is 0 Å². The van der Waals surface area contributed by atoms with Crippen molar-refractivity contribution in [3.05, 3.63) is 94.6 Å². The van der Waals surface area contributed by atoms with Gasteiger partial charge in [-0.3, -0.25) is 4.79 Å². The monoisotopic (exact) mass is 451 g/mol. The van der Waals surface area contributed by atoms with Gasteiger partial charge in [-0.15, -0.1) is 0 Å². The van der Waals surface area contributed by atoms with E-state index in [0.717, 1.165) is 18.4 Å². The zero-order valence-electron chi connectivity index (χ0n) is 17.0. The van der Waals surface area contributed by atoms with Crippen LogP contribution in [-0.4, -0.2) is 27.5 Å². The van der Waals surface area contributed by atoms with Crippen molar-refractivity contribution >= 4 is 17.5 Å². The number of carbonyl (C=O) groups is 1. The molecule has 2 aromatic carbocycles. The summed E-state index contributed by atoms with van der Waals surface area (Å²) in [5, 5.41) is 4.64. The molecule has 8 heteroatoms. The fourth-order valence-electron chi connectivity index (χ4n) is 3.95. The molecule has 1 fully saturated rings. The maximum absolute atomic E-state index is 13.2. The molecule has 0 aliphatic carbocycles. The molecule has 0 radical (unpaired) electrons. The molecule has 0 bridgehead atoms. The van der Waals surface area contributed by atoms with Crippen LogP contribution in [0.15, 0.2) is 69.7 Å². The normalized spacial score (nSPS) is 15.9. The van der Waals surface area contributed by atoms with E-state index in [4.69, 9.17) is 20.5 Å². The van der Waals surface area contributed by atoms with E-state index in [-0.39, 0.29) is 23.5 Å². The van der Waals surface area contributed by atoms with Crippen molar-refractivity contribution in [2.45, 2.75) is 25.3 Å². The number of carbonyl (C=O) groups excluding carboxylic acids is 1. The first kappa shape index (κ1) is 20.5. The van der Waals surface area contributed by atoms with E-state index in [1.807, 2.05) is 24.3 Å². The van der Waals surface area contributed by atoms with Gasteiger partial charge in [-0.2, -0.15) is 0 Å². The Morgan fingerprint density at radius 2 is 2.03 bits per heavy atom. The van der Waals surface area contributed by atoms with E-state index < -0.39 is 0 Å². The number of oxazole rings is 1. The number of hydrogen-bond donors (Lipinski definition) is 0. The number of hydrogen-bond acceptors (Lipinski definition) is 5. The lowest BCUT2D eigenvalue weighted by molar-refractivity contribution is 0.0672. The summed E-state index contributed by atoms with van der Waals surface area (Å²) in [5.74, 6) is 0.727. The van der Waals surface area contributed by atoms with Gasteiger partial charge in [0.2, 0.25) is 11.7 Å². The quantitative estimate of drug-likeness (QED) is 0.389. The van der Waals surface area contributed by atoms with Crippen LogP contribution in [-0.2, 0) is 6.42 Å². The highest BCUT2D eigenvalue weighted by molar-refractivity contribution is 6.30. The topological polar surface area (TPSA) is 72.4 Å². The van der Waals surface area contributed by atoms with Gasteiger partial charge in [0.25, 0.3) is 5.91 Å². The molecule has 0 saturated carbocycles. The second-order valence-electron chi connectivity index (χ2n) is 7.71. The van der Waals surface area contributed by atoms with Gasteiger partial charge < -0.3 is 13.8 Å². The second kappa shape index (κ2) is 8.59. The highest BCUT2D eigenvalue weighted by atomic mass is 35.5. The van der Waals surface area contributed by atoms with E-state index in [9.17, 15) is 9.18 Å². The van der Waals surface area contributed by atoms with Gasteiger partial charge in [0.1, 0.15) is 23.3 Å². The lowest BCUT2D eigenvalue weighted by Crippen LogP contribution is -2.30. The van der Waals surface area contributed by atoms with Crippen molar-refractivity contribution in [3.8, 4) is 11.3 Å². The Kier molecular flexibility index (Phi) is 5.49. The fraction of sp³-hybridized carbons (Fsp3) is 0.208. The van der Waals surface area contributed by atoms with Crippen molar-refractivity contribution in [1.82, 2.24) is 15.0 Å². The minimum absolute atomic E-state index is 0.127. The summed E-state index contributed by atoms with van der Waals surface area (Å²) in [5.41, 5.74) is 2.17. The molecule has 1 atom stereocenters. The smallest absolute Gasteiger partial charge is 0.293 e. The number of rotatable bonds is 5. The van der Waals surface area contributed by atoms with Crippen LogP contribution in [0.3, 0.4) is 0 Å². The molecule has 1 aliphatic heterocycles. The number of likely N-dealkylation sites (tertiary alicyclic amines) is 1. The summed E-state index contributed by atoms with van der Waals surface area (Å²) in [7, 11) is 0. The maximum Gasteiger partial charge on any atom is 0.293 e. The molecule has 32 heavy (non-hydrogen) atoms. The Bertz CT molecular complexity index is 1250. The van der Waals surface area contributed by atoms with Gasteiger partial charge in [-0.25, -0.2) is 9.37 Å². The Morgan fingerprint density at radius 1 is 1.19 bits per heavy atom. The standard InChI is InChI=1S/C24H19ClFN3O3/c25-17-4-1-3-15(11-17)12-19-14-27-23(31-19)21-5-2-10-29(21)24(30)22-13-20(28-32-22)16-6-8-18(26)9-7-16/h1,3-4,6-9,11,13-14,21H,2,5,10,12H2/t21-/m1/s1. The summed E-state index contributed by atoms with van der Waals surface area (Å²) in [6, 6.07) is 14.7. The largest absolute Gasteiger partial charge is 0.443 e. The predicted octanol–water partition coefficient (Wildman–Crippen LogP) is 5.69. The molecule has 0 unspecified atom stereocenters. The number of amides is 1. The fourth-order valence-corrected chi connectivity index (χ4v) is 4.16. The van der Waals surface area contributed by atoms with Gasteiger partial charge in [-0.1, -0.05) is 28.9 Å². The van der Waals surface area contributed by atoms with Crippen LogP contribution in [0.4, 0.5) is 4.39 Å². The van der Waals surface area contributed by atoms with E-state index in [2.05, 4.69) is 10.1 Å². The minimum atomic E-state index is -0.339. The Labute approximate surface area is 188 Å². The SMILES string of the molecule is O=C(c1cc(-c2ccc(F)cc2)no1)N1CCC[C@@H]1c1ncc(Cc2cccc(Cl)c2)o1. The zero-order valence-corrected chi connectivity index (χ0v) is 17.8. The highest BCUT2D eigenvalue weighted by Crippen LogP contribution is 2.34. The van der Waals surface area contributed by atoms with Crippen LogP contribution in [0.25, 0.3) is 11.3 Å². The number of benzene rings is 2. The summed E-state index contributed by atoms with van der Waals surface area (Å²) in [6.07, 6.45) is 3.85. The van der Waals surface area contributed by atoms with Crippen molar-refractivity contribution in [2.24, 2.45) is 0 Å². The van der Waals surface area contributed by atoms with Gasteiger partial charge >= 0.3 is 0 Å². The highest BCUT2D eigenvalue weighted by Gasteiger charge is 2.35. The first-order chi connectivity index (χ1) is 15.6. The summed E-state index contributed by atoms with van der Waals surface area (Å²) >= 11 is 6.06. The third kappa shape index (κ3) is 4.16. The van der Waals surface area contributed by atoms with Crippen molar-refractivity contribution in [2.75, 3.05) is 6.54 Å². The maximum atomic E-state index is 13.2. The average Bonchev–Trinajstić information content (AvgIpc) is 3.54. The van der Waals surface area contributed by atoms with E-state index in [1.165, 1.54) is 12.1 Å². The van der Waals surface area contributed by atoms with Gasteiger partial charge in [0.15, 0.2) is 0 Å². The second-order valence-corrected chi connectivity index (χ2v) is 8.15. The Hall–Kier alpha value is -3.45. The molecular weight excluding hydrogens is 433 g/mol. The van der Waals surface area contributed by atoms with E-state index >= 15 is 0 Å². The Morgan fingerprint density at radius 3 is 2.84 bits per heavy atom. The number of nitrogens with zero attached hydrogens (tertiary/aromatic N) is 3. The summed E-state index contributed by atoms with van der Waals surface area (Å²) in [6.45, 7) is 0.572. The first-order valence-corrected chi connectivity index (χ1v) is 10.7. The molecule has 2 aromatic heterocycles. The van der Waals surface area contributed by atoms with Crippen LogP contribution in [0.2, 0.25) is 5.02 Å². The lowest BCUT2D eigenvalue weighted by atomic mass is 10.1. The van der Waals surface area contributed by atoms with Crippen LogP contribution >= 0.6 is 11.6 Å². The predicted molar refractivity (Wildman–Crippen MR) is 116 cm³/mol. The van der Waals surface area contributed by atoms with Crippen LogP contribution < -0.4 is 0 Å². The van der Waals surface area contributed by atoms with E-state index in [0.29, 0.717) is 40.9 Å². The summed E-state index contributed by atoms with van der Waals surface area (Å²) < 4.78 is 24.4. The number of aromatic nitrogens is 2. The van der Waals surface area contributed by atoms with Crippen LogP contribution in [0.1, 0.15) is 46.7 Å². The van der Waals surface area contributed by atoms with Gasteiger partial charge in [0.05, 0.1) is 6.20 Å². The van der Waals surface area contributed by atoms with E-state index in [1.54, 1.807) is 29.3 Å². The third-order valence-corrected chi connectivity index (χ3v) is 5.73. The molecule has 6 nitrogen and oxygen atoms in total. The average molecular weight is 452 g/mol. The molecule has 4 aromatic rings. The van der Waals surface area contributed by atoms with Crippen molar-refractivity contribution < 1.29 is 18.1 Å². The molecule has 0 spiro atoms. The third-order valence-electron chi connectivity index (χ3n) is 5.50. The molecule has 3 heterocycles. The molecule has 0 N–H and O–H groups in total. The Balaban J connectivity index is 1.32. The van der Waals surface area contributed by atoms with Crippen LogP contribution in [0, 0.1) is 5.82 Å². The van der Waals surface area contributed by atoms with Crippen LogP contribution in [0.5, 0.6) is 0 Å². The first-order valence-electron chi connectivity index (χ1n) is 10.3. The molecule has 1 amide bonds. The van der Waals surface area contributed by atoms with Crippen molar-refractivity contribution in [1.29, 1.82) is 0 Å². The van der Waals surface area contributed by atoms with Gasteiger partial charge in [-0.05, 0) is 54.8 Å². The molecule has 5 rings (SSSR count). The zero-order chi connectivity index (χ0) is 22.1.